The lowest BCUT2D eigenvalue weighted by molar-refractivity contribution is 0.699. The van der Waals surface area contributed by atoms with Crippen LogP contribution in [0.5, 0.6) is 0 Å². The zero-order valence-electron chi connectivity index (χ0n) is 13.8. The third-order valence-corrected chi connectivity index (χ3v) is 3.38. The predicted octanol–water partition coefficient (Wildman–Crippen LogP) is 2.31. The van der Waals surface area contributed by atoms with Crippen LogP contribution in [0.4, 0.5) is 0 Å². The second-order valence-electron chi connectivity index (χ2n) is 5.65. The fraction of sp³-hybridized carbons (Fsp3) is 0.412. The van der Waals surface area contributed by atoms with Crippen LogP contribution >= 0.6 is 0 Å². The fourth-order valence-corrected chi connectivity index (χ4v) is 2.26. The van der Waals surface area contributed by atoms with Gasteiger partial charge in [-0.1, -0.05) is 24.3 Å². The van der Waals surface area contributed by atoms with E-state index in [0.29, 0.717) is 6.04 Å². The van der Waals surface area contributed by atoms with Gasteiger partial charge in [-0.2, -0.15) is 0 Å². The minimum Gasteiger partial charge on any atom is -0.354 e. The molecule has 0 aliphatic rings. The van der Waals surface area contributed by atoms with E-state index < -0.39 is 0 Å². The first-order valence-corrected chi connectivity index (χ1v) is 7.61. The molecule has 22 heavy (non-hydrogen) atoms. The molecule has 0 amide bonds. The number of aromatic nitrogens is 2. The Kier molecular flexibility index (Phi) is 5.58. The maximum absolute atomic E-state index is 4.26. The van der Waals surface area contributed by atoms with Gasteiger partial charge in [-0.25, -0.2) is 4.98 Å². The number of imidazole rings is 1. The van der Waals surface area contributed by atoms with Crippen molar-refractivity contribution in [2.75, 3.05) is 7.05 Å². The Hall–Kier alpha value is -2.30. The van der Waals surface area contributed by atoms with Crippen LogP contribution in [0.3, 0.4) is 0 Å². The van der Waals surface area contributed by atoms with Crippen LogP contribution in [0.2, 0.25) is 0 Å². The van der Waals surface area contributed by atoms with Gasteiger partial charge in [0.25, 0.3) is 0 Å². The number of guanidine groups is 1. The van der Waals surface area contributed by atoms with Crippen LogP contribution in [0.25, 0.3) is 0 Å². The average Bonchev–Trinajstić information content (AvgIpc) is 2.89. The summed E-state index contributed by atoms with van der Waals surface area (Å²) in [5.74, 6) is 1.86. The van der Waals surface area contributed by atoms with Gasteiger partial charge in [0.15, 0.2) is 5.96 Å². The van der Waals surface area contributed by atoms with Crippen molar-refractivity contribution >= 4 is 5.96 Å². The second-order valence-corrected chi connectivity index (χ2v) is 5.65. The normalized spacial score (nSPS) is 11.8. The van der Waals surface area contributed by atoms with Crippen LogP contribution in [0.15, 0.2) is 41.7 Å². The number of nitrogens with one attached hydrogen (secondary N) is 2. The fourth-order valence-electron chi connectivity index (χ4n) is 2.26. The Morgan fingerprint density at radius 1 is 1.32 bits per heavy atom. The van der Waals surface area contributed by atoms with Gasteiger partial charge in [0.1, 0.15) is 5.82 Å². The number of hydrogen-bond acceptors (Lipinski definition) is 2. The molecule has 5 nitrogen and oxygen atoms in total. The minimum atomic E-state index is 0.363. The van der Waals surface area contributed by atoms with Gasteiger partial charge in [-0.05, 0) is 31.9 Å². The lowest BCUT2D eigenvalue weighted by Crippen LogP contribution is -2.40. The Balaban J connectivity index is 1.98. The first kappa shape index (κ1) is 16.1. The van der Waals surface area contributed by atoms with Crippen molar-refractivity contribution < 1.29 is 0 Å². The van der Waals surface area contributed by atoms with Crippen LogP contribution in [-0.4, -0.2) is 28.6 Å². The molecular weight excluding hydrogens is 274 g/mol. The zero-order valence-corrected chi connectivity index (χ0v) is 13.8. The summed E-state index contributed by atoms with van der Waals surface area (Å²) in [6.45, 7) is 7.82. The van der Waals surface area contributed by atoms with Gasteiger partial charge >= 0.3 is 0 Å². The topological polar surface area (TPSA) is 54.2 Å². The Morgan fingerprint density at radius 2 is 2.09 bits per heavy atom. The number of benzene rings is 1. The molecule has 2 aromatic rings. The first-order valence-electron chi connectivity index (χ1n) is 7.61. The van der Waals surface area contributed by atoms with Gasteiger partial charge in [0, 0.05) is 38.6 Å². The van der Waals surface area contributed by atoms with Crippen LogP contribution in [0.1, 0.15) is 30.8 Å². The van der Waals surface area contributed by atoms with Gasteiger partial charge in [0.2, 0.25) is 0 Å². The van der Waals surface area contributed by atoms with E-state index in [1.54, 1.807) is 7.05 Å². The highest BCUT2D eigenvalue weighted by Gasteiger charge is 2.02. The molecule has 0 bridgehead atoms. The molecule has 0 spiro atoms. The molecule has 0 aliphatic heterocycles. The molecule has 1 aromatic carbocycles. The second kappa shape index (κ2) is 7.64. The molecule has 1 heterocycles. The van der Waals surface area contributed by atoms with Crippen molar-refractivity contribution in [2.45, 2.75) is 39.9 Å². The van der Waals surface area contributed by atoms with Gasteiger partial charge in [-0.15, -0.1) is 0 Å². The molecule has 118 valence electrons. The van der Waals surface area contributed by atoms with Crippen molar-refractivity contribution in [3.05, 3.63) is 53.6 Å². The summed E-state index contributed by atoms with van der Waals surface area (Å²) in [6, 6.07) is 8.94. The van der Waals surface area contributed by atoms with Crippen LogP contribution in [0, 0.1) is 6.92 Å². The summed E-state index contributed by atoms with van der Waals surface area (Å²) >= 11 is 0. The van der Waals surface area contributed by atoms with Gasteiger partial charge < -0.3 is 15.2 Å². The molecule has 2 N–H and O–H groups in total. The number of rotatable bonds is 5. The average molecular weight is 299 g/mol. The molecule has 1 aromatic heterocycles. The van der Waals surface area contributed by atoms with Crippen molar-refractivity contribution in [3.63, 3.8) is 0 Å². The van der Waals surface area contributed by atoms with Crippen LogP contribution < -0.4 is 10.6 Å². The SMILES string of the molecule is CN=C(NCc1cccc(Cn2ccnc2C)c1)NC(C)C. The van der Waals surface area contributed by atoms with Gasteiger partial charge in [-0.3, -0.25) is 4.99 Å². The lowest BCUT2D eigenvalue weighted by atomic mass is 10.1. The third kappa shape index (κ3) is 4.62. The monoisotopic (exact) mass is 299 g/mol. The Labute approximate surface area is 132 Å². The molecule has 0 radical (unpaired) electrons. The number of hydrogen-bond donors (Lipinski definition) is 2. The molecule has 0 atom stereocenters. The standard InChI is InChI=1S/C17H25N5/c1-13(2)21-17(18-4)20-11-15-6-5-7-16(10-15)12-22-9-8-19-14(22)3/h5-10,13H,11-12H2,1-4H3,(H2,18,20,21). The first-order chi connectivity index (χ1) is 10.6. The minimum absolute atomic E-state index is 0.363. The summed E-state index contributed by atoms with van der Waals surface area (Å²) in [6.07, 6.45) is 3.84. The smallest absolute Gasteiger partial charge is 0.191 e. The molecule has 5 heteroatoms. The van der Waals surface area contributed by atoms with Crippen LogP contribution in [-0.2, 0) is 13.1 Å². The van der Waals surface area contributed by atoms with Crippen molar-refractivity contribution in [1.82, 2.24) is 20.2 Å². The zero-order chi connectivity index (χ0) is 15.9. The highest BCUT2D eigenvalue weighted by Crippen LogP contribution is 2.08. The van der Waals surface area contributed by atoms with E-state index in [4.69, 9.17) is 0 Å². The summed E-state index contributed by atoms with van der Waals surface area (Å²) in [5, 5.41) is 6.62. The summed E-state index contributed by atoms with van der Waals surface area (Å²) in [7, 11) is 1.79. The molecule has 0 fully saturated rings. The number of aryl methyl sites for hydroxylation is 1. The number of aliphatic imine (C=N–C) groups is 1. The van der Waals surface area contributed by atoms with E-state index >= 15 is 0 Å². The van der Waals surface area contributed by atoms with Crippen molar-refractivity contribution in [2.24, 2.45) is 4.99 Å². The molecule has 2 rings (SSSR count). The molecule has 0 saturated heterocycles. The highest BCUT2D eigenvalue weighted by atomic mass is 15.2. The van der Waals surface area contributed by atoms with E-state index in [0.717, 1.165) is 24.9 Å². The lowest BCUT2D eigenvalue weighted by Gasteiger charge is -2.15. The third-order valence-electron chi connectivity index (χ3n) is 3.38. The van der Waals surface area contributed by atoms with E-state index in [9.17, 15) is 0 Å². The highest BCUT2D eigenvalue weighted by molar-refractivity contribution is 5.79. The molecule has 0 aliphatic carbocycles. The number of nitrogens with zero attached hydrogens (tertiary/aromatic N) is 3. The predicted molar refractivity (Wildman–Crippen MR) is 91.0 cm³/mol. The maximum Gasteiger partial charge on any atom is 0.191 e. The summed E-state index contributed by atoms with van der Waals surface area (Å²) in [4.78, 5) is 8.48. The van der Waals surface area contributed by atoms with E-state index in [1.165, 1.54) is 11.1 Å². The molecule has 0 saturated carbocycles. The molecule has 0 unspecified atom stereocenters. The Morgan fingerprint density at radius 3 is 2.73 bits per heavy atom. The Bertz CT molecular complexity index is 627. The van der Waals surface area contributed by atoms with E-state index in [1.807, 2.05) is 19.3 Å². The van der Waals surface area contributed by atoms with Crippen molar-refractivity contribution in [1.29, 1.82) is 0 Å². The van der Waals surface area contributed by atoms with Crippen molar-refractivity contribution in [3.8, 4) is 0 Å². The quantitative estimate of drug-likeness (QED) is 0.658. The summed E-state index contributed by atoms with van der Waals surface area (Å²) in [5.41, 5.74) is 2.51. The summed E-state index contributed by atoms with van der Waals surface area (Å²) < 4.78 is 2.14. The largest absolute Gasteiger partial charge is 0.354 e. The van der Waals surface area contributed by atoms with E-state index in [2.05, 4.69) is 63.3 Å². The van der Waals surface area contributed by atoms with Gasteiger partial charge in [0.05, 0.1) is 0 Å². The maximum atomic E-state index is 4.26. The molecular formula is C17H25N5. The van der Waals surface area contributed by atoms with E-state index in [-0.39, 0.29) is 0 Å².